The first-order valence-corrected chi connectivity index (χ1v) is 7.02. The smallest absolute Gasteiger partial charge is 0.0468 e. The summed E-state index contributed by atoms with van der Waals surface area (Å²) in [7, 11) is 0. The molecule has 0 fully saturated rings. The number of nitrogens with one attached hydrogen (secondary N) is 1. The third-order valence-corrected chi connectivity index (χ3v) is 3.60. The minimum absolute atomic E-state index is 0.216. The van der Waals surface area contributed by atoms with E-state index in [4.69, 9.17) is 29.6 Å². The Bertz CT molecular complexity index is 423. The summed E-state index contributed by atoms with van der Waals surface area (Å²) in [6, 6.07) is 6.17. The average molecular weight is 284 g/mol. The van der Waals surface area contributed by atoms with Crippen molar-refractivity contribution in [3.05, 3.63) is 33.8 Å². The van der Waals surface area contributed by atoms with E-state index in [2.05, 4.69) is 25.1 Å². The molecule has 3 heteroatoms. The Hall–Kier alpha value is -0.680. The molecule has 18 heavy (non-hydrogen) atoms. The summed E-state index contributed by atoms with van der Waals surface area (Å²) in [5.41, 5.74) is 1.08. The van der Waals surface area contributed by atoms with Crippen molar-refractivity contribution >= 4 is 23.2 Å². The first-order valence-electron chi connectivity index (χ1n) is 6.26. The molecule has 1 N–H and O–H groups in total. The van der Waals surface area contributed by atoms with Gasteiger partial charge in [-0.2, -0.15) is 0 Å². The number of benzene rings is 1. The van der Waals surface area contributed by atoms with Crippen molar-refractivity contribution in [1.82, 2.24) is 5.32 Å². The fourth-order valence-corrected chi connectivity index (χ4v) is 2.50. The van der Waals surface area contributed by atoms with Crippen LogP contribution < -0.4 is 5.32 Å². The van der Waals surface area contributed by atoms with Crippen molar-refractivity contribution in [1.29, 1.82) is 0 Å². The summed E-state index contributed by atoms with van der Waals surface area (Å²) in [5.74, 6) is 2.71. The van der Waals surface area contributed by atoms with Crippen LogP contribution in [0.5, 0.6) is 0 Å². The molecule has 2 atom stereocenters. The molecule has 0 aromatic heterocycles. The molecule has 0 bridgehead atoms. The second-order valence-corrected chi connectivity index (χ2v) is 5.15. The Balaban J connectivity index is 2.85. The van der Waals surface area contributed by atoms with E-state index in [1.165, 1.54) is 0 Å². The van der Waals surface area contributed by atoms with Crippen molar-refractivity contribution in [3.63, 3.8) is 0 Å². The first-order chi connectivity index (χ1) is 8.62. The van der Waals surface area contributed by atoms with E-state index < -0.39 is 0 Å². The van der Waals surface area contributed by atoms with Crippen LogP contribution in [0.15, 0.2) is 18.2 Å². The van der Waals surface area contributed by atoms with E-state index in [0.717, 1.165) is 24.8 Å². The van der Waals surface area contributed by atoms with Gasteiger partial charge in [-0.25, -0.2) is 0 Å². The SMILES string of the molecule is C#CCC(CC)NC(CC)c1ccc(Cl)cc1Cl. The van der Waals surface area contributed by atoms with Crippen LogP contribution in [0, 0.1) is 12.3 Å². The molecule has 0 amide bonds. The lowest BCUT2D eigenvalue weighted by atomic mass is 10.0. The maximum absolute atomic E-state index is 6.24. The summed E-state index contributed by atoms with van der Waals surface area (Å²) >= 11 is 12.2. The molecule has 0 saturated carbocycles. The highest BCUT2D eigenvalue weighted by atomic mass is 35.5. The largest absolute Gasteiger partial charge is 0.306 e. The van der Waals surface area contributed by atoms with Crippen molar-refractivity contribution in [2.45, 2.75) is 45.2 Å². The Morgan fingerprint density at radius 2 is 2.00 bits per heavy atom. The van der Waals surface area contributed by atoms with Gasteiger partial charge in [0.05, 0.1) is 0 Å². The van der Waals surface area contributed by atoms with E-state index in [1.807, 2.05) is 12.1 Å². The van der Waals surface area contributed by atoms with E-state index in [-0.39, 0.29) is 6.04 Å². The van der Waals surface area contributed by atoms with Crippen LogP contribution in [0.1, 0.15) is 44.7 Å². The number of rotatable bonds is 6. The van der Waals surface area contributed by atoms with Gasteiger partial charge in [0.1, 0.15) is 0 Å². The predicted molar refractivity (Wildman–Crippen MR) is 80.2 cm³/mol. The summed E-state index contributed by atoms with van der Waals surface area (Å²) in [5, 5.41) is 4.93. The van der Waals surface area contributed by atoms with E-state index in [1.54, 1.807) is 6.07 Å². The van der Waals surface area contributed by atoms with Gasteiger partial charge in [0.15, 0.2) is 0 Å². The van der Waals surface area contributed by atoms with E-state index >= 15 is 0 Å². The lowest BCUT2D eigenvalue weighted by molar-refractivity contribution is 0.421. The molecular weight excluding hydrogens is 265 g/mol. The van der Waals surface area contributed by atoms with Crippen LogP contribution in [0.3, 0.4) is 0 Å². The van der Waals surface area contributed by atoms with Gasteiger partial charge in [0.2, 0.25) is 0 Å². The molecular formula is C15H19Cl2N. The normalized spacial score (nSPS) is 13.9. The standard InChI is InChI=1S/C15H19Cl2N/c1-4-7-12(5-2)18-15(6-3)13-9-8-11(16)10-14(13)17/h1,8-10,12,15,18H,5-7H2,2-3H3. The van der Waals surface area contributed by atoms with E-state index in [9.17, 15) is 0 Å². The van der Waals surface area contributed by atoms with Crippen LogP contribution in [0.25, 0.3) is 0 Å². The molecule has 1 rings (SSSR count). The number of terminal acetylenes is 1. The molecule has 98 valence electrons. The number of hydrogen-bond donors (Lipinski definition) is 1. The van der Waals surface area contributed by atoms with E-state index in [0.29, 0.717) is 16.1 Å². The zero-order valence-corrected chi connectivity index (χ0v) is 12.4. The minimum Gasteiger partial charge on any atom is -0.306 e. The average Bonchev–Trinajstić information content (AvgIpc) is 2.35. The molecule has 1 aromatic rings. The maximum atomic E-state index is 6.24. The predicted octanol–water partition coefficient (Wildman–Crippen LogP) is 4.84. The molecule has 0 heterocycles. The second kappa shape index (κ2) is 7.69. The maximum Gasteiger partial charge on any atom is 0.0468 e. The lowest BCUT2D eigenvalue weighted by Crippen LogP contribution is -2.32. The van der Waals surface area contributed by atoms with Crippen molar-refractivity contribution < 1.29 is 0 Å². The first kappa shape index (κ1) is 15.4. The Morgan fingerprint density at radius 1 is 1.28 bits per heavy atom. The highest BCUT2D eigenvalue weighted by molar-refractivity contribution is 6.35. The van der Waals surface area contributed by atoms with Gasteiger partial charge in [-0.05, 0) is 30.5 Å². The van der Waals surface area contributed by atoms with Crippen LogP contribution in [-0.4, -0.2) is 6.04 Å². The van der Waals surface area contributed by atoms with Crippen LogP contribution >= 0.6 is 23.2 Å². The fourth-order valence-electron chi connectivity index (χ4n) is 1.96. The molecule has 0 aliphatic heterocycles. The number of halogens is 2. The van der Waals surface area contributed by atoms with Crippen LogP contribution in [-0.2, 0) is 0 Å². The van der Waals surface area contributed by atoms with Gasteiger partial charge in [-0.3, -0.25) is 0 Å². The summed E-state index contributed by atoms with van der Waals surface area (Å²) in [6.45, 7) is 4.26. The summed E-state index contributed by atoms with van der Waals surface area (Å²) in [6.07, 6.45) is 8.08. The zero-order valence-electron chi connectivity index (χ0n) is 10.8. The molecule has 0 spiro atoms. The lowest BCUT2D eigenvalue weighted by Gasteiger charge is -2.24. The molecule has 0 saturated heterocycles. The van der Waals surface area contributed by atoms with Crippen LogP contribution in [0.2, 0.25) is 10.0 Å². The Kier molecular flexibility index (Phi) is 6.57. The topological polar surface area (TPSA) is 12.0 Å². The second-order valence-electron chi connectivity index (χ2n) is 4.31. The van der Waals surface area contributed by atoms with Gasteiger partial charge in [0, 0.05) is 28.5 Å². The molecule has 0 aliphatic rings. The summed E-state index contributed by atoms with van der Waals surface area (Å²) in [4.78, 5) is 0. The van der Waals surface area contributed by atoms with Gasteiger partial charge in [0.25, 0.3) is 0 Å². The quantitative estimate of drug-likeness (QED) is 0.737. The Morgan fingerprint density at radius 3 is 2.50 bits per heavy atom. The molecule has 0 aliphatic carbocycles. The zero-order chi connectivity index (χ0) is 13.5. The van der Waals surface area contributed by atoms with Crippen LogP contribution in [0.4, 0.5) is 0 Å². The van der Waals surface area contributed by atoms with Gasteiger partial charge >= 0.3 is 0 Å². The number of hydrogen-bond acceptors (Lipinski definition) is 1. The molecule has 1 aromatic carbocycles. The van der Waals surface area contributed by atoms with Crippen molar-refractivity contribution in [2.24, 2.45) is 0 Å². The summed E-state index contributed by atoms with van der Waals surface area (Å²) < 4.78 is 0. The third-order valence-electron chi connectivity index (χ3n) is 3.04. The monoisotopic (exact) mass is 283 g/mol. The van der Waals surface area contributed by atoms with Gasteiger partial charge < -0.3 is 5.32 Å². The fraction of sp³-hybridized carbons (Fsp3) is 0.467. The molecule has 1 nitrogen and oxygen atoms in total. The Labute approximate surface area is 120 Å². The molecule has 2 unspecified atom stereocenters. The van der Waals surface area contributed by atoms with Crippen molar-refractivity contribution in [3.8, 4) is 12.3 Å². The molecule has 0 radical (unpaired) electrons. The highest BCUT2D eigenvalue weighted by Crippen LogP contribution is 2.28. The highest BCUT2D eigenvalue weighted by Gasteiger charge is 2.16. The third kappa shape index (κ3) is 4.21. The van der Waals surface area contributed by atoms with Gasteiger partial charge in [-0.15, -0.1) is 12.3 Å². The van der Waals surface area contributed by atoms with Crippen molar-refractivity contribution in [2.75, 3.05) is 0 Å². The van der Waals surface area contributed by atoms with Gasteiger partial charge in [-0.1, -0.05) is 43.1 Å². The minimum atomic E-state index is 0.216.